The van der Waals surface area contributed by atoms with E-state index in [1.54, 1.807) is 12.1 Å². The minimum atomic E-state index is -4.75. The molecule has 2 N–H and O–H groups in total. The Morgan fingerprint density at radius 3 is 2.30 bits per heavy atom. The van der Waals surface area contributed by atoms with Crippen LogP contribution < -0.4 is 10.6 Å². The number of nitrogens with two attached hydrogens (primary N) is 1. The van der Waals surface area contributed by atoms with Crippen molar-refractivity contribution < 1.29 is 35.3 Å². The number of alkyl halides is 3. The van der Waals surface area contributed by atoms with Crippen molar-refractivity contribution in [1.29, 1.82) is 0 Å². The van der Waals surface area contributed by atoms with E-state index in [1.807, 2.05) is 20.8 Å². The van der Waals surface area contributed by atoms with Gasteiger partial charge in [0.1, 0.15) is 0 Å². The summed E-state index contributed by atoms with van der Waals surface area (Å²) in [4.78, 5) is 17.8. The molecular weight excluding hydrogens is 553 g/mol. The third-order valence-corrected chi connectivity index (χ3v) is 7.91. The summed E-state index contributed by atoms with van der Waals surface area (Å²) >= 11 is 0. The molecule has 0 saturated carbocycles. The van der Waals surface area contributed by atoms with Crippen molar-refractivity contribution in [2.75, 3.05) is 10.7 Å². The molecule has 4 aromatic rings. The Morgan fingerprint density at radius 1 is 1.02 bits per heavy atom. The number of hydrogen-bond acceptors (Lipinski definition) is 10. The minimum Gasteiger partial charge on any atom is -0.420 e. The fourth-order valence-electron chi connectivity index (χ4n) is 4.04. The zero-order valence-electron chi connectivity index (χ0n) is 21.4. The summed E-state index contributed by atoms with van der Waals surface area (Å²) in [6, 6.07) is 9.03. The van der Waals surface area contributed by atoms with Crippen LogP contribution in [0, 0.1) is 0 Å². The molecule has 0 spiro atoms. The first-order valence-corrected chi connectivity index (χ1v) is 13.6. The van der Waals surface area contributed by atoms with Gasteiger partial charge in [0.15, 0.2) is 9.84 Å². The Balaban J connectivity index is 1.51. The SMILES string of the molecule is CC(C)(C)c1nnc(-c2ccc3c(c2)N(Cc2ccc(-c4nc(C(F)(F)F)no4)cc2)C(=O)[C@@H](N)CS3(=O)=O)o1. The molecule has 0 aliphatic carbocycles. The summed E-state index contributed by atoms with van der Waals surface area (Å²) in [5, 5.41) is 11.1. The van der Waals surface area contributed by atoms with E-state index in [1.165, 1.54) is 35.2 Å². The number of halogens is 3. The van der Waals surface area contributed by atoms with E-state index in [9.17, 15) is 26.4 Å². The van der Waals surface area contributed by atoms with Crippen molar-refractivity contribution >= 4 is 21.4 Å². The third-order valence-electron chi connectivity index (χ3n) is 6.10. The van der Waals surface area contributed by atoms with E-state index in [2.05, 4.69) is 20.3 Å². The fraction of sp³-hybridized carbons (Fsp3) is 0.320. The van der Waals surface area contributed by atoms with E-state index in [-0.39, 0.29) is 34.5 Å². The summed E-state index contributed by atoms with van der Waals surface area (Å²) in [5.41, 5.74) is 6.80. The van der Waals surface area contributed by atoms with Gasteiger partial charge in [-0.3, -0.25) is 4.79 Å². The predicted octanol–water partition coefficient (Wildman–Crippen LogP) is 3.75. The summed E-state index contributed by atoms with van der Waals surface area (Å²) in [5.74, 6) is -2.42. The molecule has 0 unspecified atom stereocenters. The number of sulfone groups is 1. The number of carbonyl (C=O) groups excluding carboxylic acids is 1. The topological polar surface area (TPSA) is 158 Å². The second-order valence-electron chi connectivity index (χ2n) is 10.3. The molecule has 3 heterocycles. The van der Waals surface area contributed by atoms with Crippen molar-refractivity contribution in [3.05, 3.63) is 59.7 Å². The van der Waals surface area contributed by atoms with E-state index in [0.717, 1.165) is 0 Å². The number of rotatable bonds is 4. The lowest BCUT2D eigenvalue weighted by Gasteiger charge is -2.24. The molecule has 11 nitrogen and oxygen atoms in total. The van der Waals surface area contributed by atoms with Gasteiger partial charge in [0.2, 0.25) is 17.7 Å². The second-order valence-corrected chi connectivity index (χ2v) is 12.3. The van der Waals surface area contributed by atoms with E-state index in [0.29, 0.717) is 17.0 Å². The first kappa shape index (κ1) is 27.5. The Morgan fingerprint density at radius 2 is 1.70 bits per heavy atom. The summed E-state index contributed by atoms with van der Waals surface area (Å²) in [6.45, 7) is 5.60. The molecule has 5 rings (SSSR count). The van der Waals surface area contributed by atoms with E-state index < -0.39 is 45.0 Å². The van der Waals surface area contributed by atoms with E-state index >= 15 is 0 Å². The molecular formula is C25H23F3N6O5S. The van der Waals surface area contributed by atoms with Gasteiger partial charge in [-0.25, -0.2) is 8.42 Å². The van der Waals surface area contributed by atoms with Crippen molar-refractivity contribution in [3.63, 3.8) is 0 Å². The number of fused-ring (bicyclic) bond motifs is 1. The minimum absolute atomic E-state index is 0.0850. The highest BCUT2D eigenvalue weighted by atomic mass is 32.2. The van der Waals surface area contributed by atoms with Crippen LogP contribution >= 0.6 is 0 Å². The third kappa shape index (κ3) is 5.21. The van der Waals surface area contributed by atoms with Gasteiger partial charge in [0.05, 0.1) is 28.9 Å². The van der Waals surface area contributed by atoms with Gasteiger partial charge < -0.3 is 19.6 Å². The van der Waals surface area contributed by atoms with Crippen molar-refractivity contribution in [3.8, 4) is 22.9 Å². The number of amides is 1. The van der Waals surface area contributed by atoms with Gasteiger partial charge in [0, 0.05) is 16.5 Å². The van der Waals surface area contributed by atoms with Crippen molar-refractivity contribution in [2.45, 2.75) is 49.8 Å². The summed E-state index contributed by atoms with van der Waals surface area (Å²) in [7, 11) is -3.93. The lowest BCUT2D eigenvalue weighted by Crippen LogP contribution is -2.45. The highest BCUT2D eigenvalue weighted by Gasteiger charge is 2.38. The lowest BCUT2D eigenvalue weighted by molar-refractivity contribution is -0.146. The van der Waals surface area contributed by atoms with Gasteiger partial charge in [-0.05, 0) is 35.9 Å². The molecule has 1 aliphatic heterocycles. The van der Waals surface area contributed by atoms with Gasteiger partial charge in [0.25, 0.3) is 11.7 Å². The van der Waals surface area contributed by atoms with Crippen LogP contribution in [0.15, 0.2) is 56.3 Å². The largest absolute Gasteiger partial charge is 0.455 e. The molecule has 2 aromatic heterocycles. The molecule has 0 saturated heterocycles. The molecule has 1 aliphatic rings. The molecule has 1 atom stereocenters. The van der Waals surface area contributed by atoms with Crippen LogP contribution in [0.25, 0.3) is 22.9 Å². The van der Waals surface area contributed by atoms with Crippen molar-refractivity contribution in [2.24, 2.45) is 5.73 Å². The van der Waals surface area contributed by atoms with Gasteiger partial charge in [-0.2, -0.15) is 18.2 Å². The normalized spacial score (nSPS) is 17.5. The van der Waals surface area contributed by atoms with Crippen LogP contribution in [-0.4, -0.2) is 46.5 Å². The molecule has 0 bridgehead atoms. The average Bonchev–Trinajstić information content (AvgIpc) is 3.56. The molecule has 15 heteroatoms. The number of nitrogens with zero attached hydrogens (tertiary/aromatic N) is 5. The standard InChI is InChI=1S/C25H23F3N6O5S/c1-24(2,3)23-32-31-20(38-23)15-8-9-18-17(10-15)34(21(35)16(29)12-40(18,36)37)11-13-4-6-14(7-5-13)19-30-22(33-39-19)25(26,27)28/h4-10,16H,11-12,29H2,1-3H3/t16-/m0/s1. The lowest BCUT2D eigenvalue weighted by atomic mass is 9.97. The van der Waals surface area contributed by atoms with Gasteiger partial charge >= 0.3 is 6.18 Å². The highest BCUT2D eigenvalue weighted by molar-refractivity contribution is 7.91. The highest BCUT2D eigenvalue weighted by Crippen LogP contribution is 2.36. The molecule has 1 amide bonds. The molecule has 0 fully saturated rings. The summed E-state index contributed by atoms with van der Waals surface area (Å²) < 4.78 is 75.2. The predicted molar refractivity (Wildman–Crippen MR) is 134 cm³/mol. The Labute approximate surface area is 226 Å². The van der Waals surface area contributed by atoms with E-state index in [4.69, 9.17) is 14.7 Å². The summed E-state index contributed by atoms with van der Waals surface area (Å²) in [6.07, 6.45) is -4.75. The maximum absolute atomic E-state index is 13.3. The maximum Gasteiger partial charge on any atom is 0.455 e. The Kier molecular flexibility index (Phi) is 6.53. The number of carbonyl (C=O) groups is 1. The number of anilines is 1. The van der Waals surface area contributed by atoms with Crippen LogP contribution in [0.2, 0.25) is 0 Å². The second kappa shape index (κ2) is 9.52. The van der Waals surface area contributed by atoms with Gasteiger partial charge in [-0.1, -0.05) is 38.1 Å². The van der Waals surface area contributed by atoms with Crippen LogP contribution in [0.3, 0.4) is 0 Å². The Hall–Kier alpha value is -4.11. The molecule has 40 heavy (non-hydrogen) atoms. The van der Waals surface area contributed by atoms with Crippen LogP contribution in [0.4, 0.5) is 18.9 Å². The first-order valence-electron chi connectivity index (χ1n) is 11.9. The van der Waals surface area contributed by atoms with Crippen molar-refractivity contribution in [1.82, 2.24) is 20.3 Å². The smallest absolute Gasteiger partial charge is 0.420 e. The first-order chi connectivity index (χ1) is 18.6. The monoisotopic (exact) mass is 576 g/mol. The maximum atomic E-state index is 13.3. The average molecular weight is 577 g/mol. The number of benzene rings is 2. The zero-order chi connectivity index (χ0) is 29.0. The molecule has 0 radical (unpaired) electrons. The zero-order valence-corrected chi connectivity index (χ0v) is 22.2. The Bertz CT molecular complexity index is 1690. The van der Waals surface area contributed by atoms with Crippen LogP contribution in [0.1, 0.15) is 38.0 Å². The van der Waals surface area contributed by atoms with Crippen LogP contribution in [0.5, 0.6) is 0 Å². The van der Waals surface area contributed by atoms with Gasteiger partial charge in [-0.15, -0.1) is 10.2 Å². The van der Waals surface area contributed by atoms with Crippen LogP contribution in [-0.2, 0) is 32.8 Å². The molecule has 210 valence electrons. The fourth-order valence-corrected chi connectivity index (χ4v) is 5.60. The quantitative estimate of drug-likeness (QED) is 0.379. The number of aromatic nitrogens is 4. The molecule has 2 aromatic carbocycles. The number of hydrogen-bond donors (Lipinski definition) is 1.